The minimum absolute atomic E-state index is 0.00545. The smallest absolute Gasteiger partial charge is 0.225 e. The third kappa shape index (κ3) is 5.52. The number of carbonyl (C=O) groups is 1. The summed E-state index contributed by atoms with van der Waals surface area (Å²) < 4.78 is 0. The minimum Gasteiger partial charge on any atom is -0.388 e. The van der Waals surface area contributed by atoms with E-state index in [9.17, 15) is 9.90 Å². The van der Waals surface area contributed by atoms with Crippen molar-refractivity contribution in [1.82, 2.24) is 5.32 Å². The third-order valence-electron chi connectivity index (χ3n) is 4.21. The zero-order chi connectivity index (χ0) is 16.9. The Morgan fingerprint density at radius 1 is 1.35 bits per heavy atom. The van der Waals surface area contributed by atoms with Crippen LogP contribution in [0.25, 0.3) is 0 Å². The molecule has 1 aromatic carbocycles. The predicted molar refractivity (Wildman–Crippen MR) is 98.1 cm³/mol. The molecule has 4 nitrogen and oxygen atoms in total. The summed E-state index contributed by atoms with van der Waals surface area (Å²) in [7, 11) is 0. The van der Waals surface area contributed by atoms with Crippen molar-refractivity contribution in [2.75, 3.05) is 23.4 Å². The normalized spacial score (nSPS) is 22.3. The topological polar surface area (TPSA) is 61.4 Å². The molecule has 0 spiro atoms. The van der Waals surface area contributed by atoms with E-state index in [-0.39, 0.29) is 11.9 Å². The molecule has 1 heterocycles. The molecular formula is C18H28N2O2S. The van der Waals surface area contributed by atoms with Gasteiger partial charge in [0.15, 0.2) is 0 Å². The molecule has 1 fully saturated rings. The number of benzene rings is 1. The summed E-state index contributed by atoms with van der Waals surface area (Å²) in [6.45, 7) is 6.78. The molecule has 0 aliphatic carbocycles. The van der Waals surface area contributed by atoms with Crippen molar-refractivity contribution in [3.63, 3.8) is 0 Å². The van der Waals surface area contributed by atoms with E-state index in [2.05, 4.69) is 30.5 Å². The Hall–Kier alpha value is -1.04. The van der Waals surface area contributed by atoms with Crippen LogP contribution in [-0.2, 0) is 4.79 Å². The van der Waals surface area contributed by atoms with Gasteiger partial charge in [0, 0.05) is 30.4 Å². The lowest BCUT2D eigenvalue weighted by Gasteiger charge is -2.24. The summed E-state index contributed by atoms with van der Waals surface area (Å²) >= 11 is 1.78. The minimum atomic E-state index is -0.611. The van der Waals surface area contributed by atoms with Crippen LogP contribution < -0.4 is 10.6 Å². The lowest BCUT2D eigenvalue weighted by atomic mass is 10.0. The molecule has 1 aliphatic rings. The summed E-state index contributed by atoms with van der Waals surface area (Å²) in [6.07, 6.45) is 1.22. The number of thioether (sulfide) groups is 1. The van der Waals surface area contributed by atoms with Gasteiger partial charge in [-0.15, -0.1) is 0 Å². The van der Waals surface area contributed by atoms with E-state index < -0.39 is 5.60 Å². The number of carbonyl (C=O) groups excluding carboxylic acids is 1. The molecule has 2 rings (SSSR count). The van der Waals surface area contributed by atoms with Gasteiger partial charge in [0.2, 0.25) is 5.91 Å². The van der Waals surface area contributed by atoms with Crippen molar-refractivity contribution < 1.29 is 9.90 Å². The summed E-state index contributed by atoms with van der Waals surface area (Å²) in [5, 5.41) is 16.6. The number of anilines is 1. The van der Waals surface area contributed by atoms with Crippen molar-refractivity contribution in [2.45, 2.75) is 51.2 Å². The van der Waals surface area contributed by atoms with Crippen LogP contribution in [0.5, 0.6) is 0 Å². The molecule has 0 saturated carbocycles. The average Bonchev–Trinajstić information content (AvgIpc) is 2.93. The van der Waals surface area contributed by atoms with Gasteiger partial charge in [0.25, 0.3) is 0 Å². The first-order valence-corrected chi connectivity index (χ1v) is 9.47. The Morgan fingerprint density at radius 3 is 2.74 bits per heavy atom. The highest BCUT2D eigenvalue weighted by Crippen LogP contribution is 2.27. The highest BCUT2D eigenvalue weighted by molar-refractivity contribution is 7.99. The highest BCUT2D eigenvalue weighted by atomic mass is 32.2. The quantitative estimate of drug-likeness (QED) is 0.716. The number of aliphatic hydroxyl groups is 1. The second-order valence-electron chi connectivity index (χ2n) is 6.80. The Morgan fingerprint density at radius 2 is 2.09 bits per heavy atom. The van der Waals surface area contributed by atoms with Gasteiger partial charge in [0.05, 0.1) is 5.60 Å². The molecule has 2 atom stereocenters. The van der Waals surface area contributed by atoms with E-state index in [1.807, 2.05) is 25.1 Å². The Kier molecular flexibility index (Phi) is 6.50. The van der Waals surface area contributed by atoms with E-state index in [0.717, 1.165) is 29.2 Å². The fraction of sp³-hybridized carbons (Fsp3) is 0.611. The molecule has 0 bridgehead atoms. The van der Waals surface area contributed by atoms with Crippen LogP contribution in [0.15, 0.2) is 24.3 Å². The first-order chi connectivity index (χ1) is 10.9. The number of amides is 1. The number of hydrogen-bond donors (Lipinski definition) is 3. The summed E-state index contributed by atoms with van der Waals surface area (Å²) in [6, 6.07) is 7.97. The fourth-order valence-electron chi connectivity index (χ4n) is 2.77. The average molecular weight is 337 g/mol. The Labute approximate surface area is 143 Å². The number of rotatable bonds is 7. The van der Waals surface area contributed by atoms with Gasteiger partial charge in [-0.1, -0.05) is 32.0 Å². The van der Waals surface area contributed by atoms with Crippen LogP contribution in [0.3, 0.4) is 0 Å². The zero-order valence-electron chi connectivity index (χ0n) is 14.3. The van der Waals surface area contributed by atoms with Gasteiger partial charge in [-0.3, -0.25) is 4.79 Å². The van der Waals surface area contributed by atoms with Gasteiger partial charge < -0.3 is 15.7 Å². The van der Waals surface area contributed by atoms with E-state index >= 15 is 0 Å². The summed E-state index contributed by atoms with van der Waals surface area (Å²) in [5.41, 5.74) is 1.43. The first kappa shape index (κ1) is 18.3. The fourth-order valence-corrected chi connectivity index (χ4v) is 4.06. The van der Waals surface area contributed by atoms with Crippen molar-refractivity contribution >= 4 is 23.4 Å². The van der Waals surface area contributed by atoms with Gasteiger partial charge in [0.1, 0.15) is 0 Å². The number of hydrogen-bond acceptors (Lipinski definition) is 4. The molecule has 128 valence electrons. The van der Waals surface area contributed by atoms with Crippen molar-refractivity contribution in [3.05, 3.63) is 29.8 Å². The molecule has 3 N–H and O–H groups in total. The molecule has 5 heteroatoms. The summed E-state index contributed by atoms with van der Waals surface area (Å²) in [4.78, 5) is 12.3. The molecule has 1 aromatic rings. The second-order valence-corrected chi connectivity index (χ2v) is 7.91. The van der Waals surface area contributed by atoms with Crippen molar-refractivity contribution in [3.8, 4) is 0 Å². The van der Waals surface area contributed by atoms with E-state index in [1.165, 1.54) is 0 Å². The molecule has 0 radical (unpaired) electrons. The van der Waals surface area contributed by atoms with Crippen LogP contribution in [0.1, 0.15) is 45.1 Å². The number of para-hydroxylation sites is 1. The van der Waals surface area contributed by atoms with Crippen LogP contribution in [-0.4, -0.2) is 40.7 Å². The van der Waals surface area contributed by atoms with Crippen LogP contribution in [0, 0.1) is 0 Å². The monoisotopic (exact) mass is 336 g/mol. The summed E-state index contributed by atoms with van der Waals surface area (Å²) in [5.74, 6) is 2.17. The highest BCUT2D eigenvalue weighted by Gasteiger charge is 2.31. The molecule has 1 saturated heterocycles. The van der Waals surface area contributed by atoms with Crippen molar-refractivity contribution in [2.24, 2.45) is 0 Å². The van der Waals surface area contributed by atoms with Crippen LogP contribution in [0.2, 0.25) is 0 Å². The first-order valence-electron chi connectivity index (χ1n) is 8.32. The Bertz CT molecular complexity index is 528. The maximum Gasteiger partial charge on any atom is 0.225 e. The maximum atomic E-state index is 12.3. The largest absolute Gasteiger partial charge is 0.388 e. The predicted octanol–water partition coefficient (Wildman–Crippen LogP) is 2.98. The van der Waals surface area contributed by atoms with Crippen LogP contribution >= 0.6 is 11.8 Å². The molecule has 23 heavy (non-hydrogen) atoms. The van der Waals surface area contributed by atoms with Gasteiger partial charge in [-0.05, 0) is 36.6 Å². The lowest BCUT2D eigenvalue weighted by molar-refractivity contribution is -0.116. The standard InChI is InChI=1S/C18H28N2O2S/c1-13(2)15-6-4-5-7-16(15)20-17(21)10-14(3)19-11-18(22)8-9-23-12-18/h4-7,13-14,19,22H,8-12H2,1-3H3,(H,20,21)/t14-,18-/m0/s1. The van der Waals surface area contributed by atoms with Crippen molar-refractivity contribution in [1.29, 1.82) is 0 Å². The maximum absolute atomic E-state index is 12.3. The van der Waals surface area contributed by atoms with Gasteiger partial charge in [-0.2, -0.15) is 11.8 Å². The van der Waals surface area contributed by atoms with Gasteiger partial charge >= 0.3 is 0 Å². The van der Waals surface area contributed by atoms with Gasteiger partial charge in [-0.25, -0.2) is 0 Å². The lowest BCUT2D eigenvalue weighted by Crippen LogP contribution is -2.44. The molecule has 1 aliphatic heterocycles. The number of nitrogens with one attached hydrogen (secondary N) is 2. The second kappa shape index (κ2) is 8.18. The molecule has 1 amide bonds. The zero-order valence-corrected chi connectivity index (χ0v) is 15.1. The molecule has 0 aromatic heterocycles. The van der Waals surface area contributed by atoms with Crippen LogP contribution in [0.4, 0.5) is 5.69 Å². The third-order valence-corrected chi connectivity index (χ3v) is 5.44. The Balaban J connectivity index is 1.82. The molecular weight excluding hydrogens is 308 g/mol. The van der Waals surface area contributed by atoms with E-state index in [4.69, 9.17) is 0 Å². The SMILES string of the molecule is CC(C)c1ccccc1NC(=O)C[C@H](C)NC[C@@]1(O)CCSC1. The molecule has 0 unspecified atom stereocenters. The van der Waals surface area contributed by atoms with E-state index in [1.54, 1.807) is 11.8 Å². The van der Waals surface area contributed by atoms with E-state index in [0.29, 0.717) is 18.9 Å².